The number of hydrogen-bond acceptors (Lipinski definition) is 4. The number of amides is 2. The zero-order valence-electron chi connectivity index (χ0n) is 15.3. The molecule has 1 heterocycles. The second kappa shape index (κ2) is 8.30. The van der Waals surface area contributed by atoms with Crippen LogP contribution in [0.3, 0.4) is 0 Å². The normalized spacial score (nSPS) is 15.3. The molecule has 0 bridgehead atoms. The molecule has 0 radical (unpaired) electrons. The molecule has 28 heavy (non-hydrogen) atoms. The standard InChI is InChI=1S/C19H20ClN3O4S/c1-14(24)21-17-6-8-18(9-7-17)28(26,27)23-12-10-22(11-13-23)19(25)15-2-4-16(20)5-3-15/h2-9H,10-13H2,1H3,(H,21,24). The molecule has 1 saturated heterocycles. The first-order chi connectivity index (χ1) is 13.3. The third-order valence-corrected chi connectivity index (χ3v) is 6.59. The summed E-state index contributed by atoms with van der Waals surface area (Å²) in [5.41, 5.74) is 1.05. The topological polar surface area (TPSA) is 86.8 Å². The van der Waals surface area contributed by atoms with Gasteiger partial charge in [0.2, 0.25) is 15.9 Å². The highest BCUT2D eigenvalue weighted by Gasteiger charge is 2.30. The van der Waals surface area contributed by atoms with Gasteiger partial charge in [-0.25, -0.2) is 8.42 Å². The van der Waals surface area contributed by atoms with Crippen molar-refractivity contribution in [1.82, 2.24) is 9.21 Å². The van der Waals surface area contributed by atoms with Crippen molar-refractivity contribution in [3.8, 4) is 0 Å². The Morgan fingerprint density at radius 1 is 0.929 bits per heavy atom. The van der Waals surface area contributed by atoms with Crippen LogP contribution in [0.15, 0.2) is 53.4 Å². The van der Waals surface area contributed by atoms with Crippen molar-refractivity contribution in [2.45, 2.75) is 11.8 Å². The number of benzene rings is 2. The molecule has 9 heteroatoms. The minimum atomic E-state index is -3.66. The molecule has 1 N–H and O–H groups in total. The van der Waals surface area contributed by atoms with Crippen LogP contribution in [0, 0.1) is 0 Å². The lowest BCUT2D eigenvalue weighted by molar-refractivity contribution is -0.114. The summed E-state index contributed by atoms with van der Waals surface area (Å²) in [7, 11) is -3.66. The van der Waals surface area contributed by atoms with Gasteiger partial charge in [0.05, 0.1) is 4.90 Å². The summed E-state index contributed by atoms with van der Waals surface area (Å²) in [6.07, 6.45) is 0. The van der Waals surface area contributed by atoms with E-state index in [1.165, 1.54) is 23.4 Å². The van der Waals surface area contributed by atoms with E-state index in [4.69, 9.17) is 11.6 Å². The molecule has 1 aliphatic heterocycles. The van der Waals surface area contributed by atoms with Crippen LogP contribution in [0.1, 0.15) is 17.3 Å². The molecule has 0 spiro atoms. The maximum absolute atomic E-state index is 12.8. The van der Waals surface area contributed by atoms with E-state index in [9.17, 15) is 18.0 Å². The third-order valence-electron chi connectivity index (χ3n) is 4.43. The molecule has 0 unspecified atom stereocenters. The quantitative estimate of drug-likeness (QED) is 0.821. The largest absolute Gasteiger partial charge is 0.336 e. The average Bonchev–Trinajstić information content (AvgIpc) is 2.68. The Labute approximate surface area is 168 Å². The van der Waals surface area contributed by atoms with E-state index in [1.54, 1.807) is 41.3 Å². The Morgan fingerprint density at radius 2 is 1.50 bits per heavy atom. The first-order valence-electron chi connectivity index (χ1n) is 8.70. The van der Waals surface area contributed by atoms with Crippen molar-refractivity contribution < 1.29 is 18.0 Å². The number of nitrogens with zero attached hydrogens (tertiary/aromatic N) is 2. The van der Waals surface area contributed by atoms with Gasteiger partial charge in [0.25, 0.3) is 5.91 Å². The number of halogens is 1. The molecule has 1 aliphatic rings. The highest BCUT2D eigenvalue weighted by Crippen LogP contribution is 2.21. The van der Waals surface area contributed by atoms with Gasteiger partial charge in [-0.2, -0.15) is 4.31 Å². The fourth-order valence-electron chi connectivity index (χ4n) is 2.97. The van der Waals surface area contributed by atoms with Crippen LogP contribution < -0.4 is 5.32 Å². The van der Waals surface area contributed by atoms with Gasteiger partial charge in [-0.05, 0) is 48.5 Å². The molecule has 0 aliphatic carbocycles. The Hall–Kier alpha value is -2.42. The maximum atomic E-state index is 12.8. The monoisotopic (exact) mass is 421 g/mol. The summed E-state index contributed by atoms with van der Waals surface area (Å²) in [6.45, 7) is 2.44. The summed E-state index contributed by atoms with van der Waals surface area (Å²) >= 11 is 5.85. The van der Waals surface area contributed by atoms with Gasteiger partial charge in [-0.15, -0.1) is 0 Å². The van der Waals surface area contributed by atoms with Crippen molar-refractivity contribution in [1.29, 1.82) is 0 Å². The number of anilines is 1. The fourth-order valence-corrected chi connectivity index (χ4v) is 4.52. The lowest BCUT2D eigenvalue weighted by Crippen LogP contribution is -2.50. The first-order valence-corrected chi connectivity index (χ1v) is 10.5. The molecule has 1 fully saturated rings. The molecule has 2 aromatic carbocycles. The second-order valence-electron chi connectivity index (χ2n) is 6.41. The molecule has 0 saturated carbocycles. The van der Waals surface area contributed by atoms with Crippen LogP contribution in [0.5, 0.6) is 0 Å². The predicted octanol–water partition coefficient (Wildman–Crippen LogP) is 2.45. The number of sulfonamides is 1. The van der Waals surface area contributed by atoms with E-state index in [0.717, 1.165) is 0 Å². The van der Waals surface area contributed by atoms with Crippen molar-refractivity contribution in [3.63, 3.8) is 0 Å². The number of nitrogens with one attached hydrogen (secondary N) is 1. The van der Waals surface area contributed by atoms with Crippen molar-refractivity contribution in [2.75, 3.05) is 31.5 Å². The smallest absolute Gasteiger partial charge is 0.253 e. The van der Waals surface area contributed by atoms with Gasteiger partial charge < -0.3 is 10.2 Å². The predicted molar refractivity (Wildman–Crippen MR) is 107 cm³/mol. The van der Waals surface area contributed by atoms with Crippen LogP contribution in [-0.2, 0) is 14.8 Å². The highest BCUT2D eigenvalue weighted by atomic mass is 35.5. The van der Waals surface area contributed by atoms with E-state index in [-0.39, 0.29) is 29.8 Å². The molecule has 148 valence electrons. The van der Waals surface area contributed by atoms with Crippen LogP contribution in [-0.4, -0.2) is 55.6 Å². The Kier molecular flexibility index (Phi) is 6.02. The van der Waals surface area contributed by atoms with Crippen molar-refractivity contribution in [2.24, 2.45) is 0 Å². The van der Waals surface area contributed by atoms with Gasteiger partial charge in [-0.3, -0.25) is 9.59 Å². The van der Waals surface area contributed by atoms with Crippen molar-refractivity contribution >= 4 is 39.1 Å². The zero-order chi connectivity index (χ0) is 20.3. The van der Waals surface area contributed by atoms with Gasteiger partial charge in [-0.1, -0.05) is 11.6 Å². The van der Waals surface area contributed by atoms with E-state index in [0.29, 0.717) is 29.4 Å². The Bertz CT molecular complexity index is 967. The lowest BCUT2D eigenvalue weighted by atomic mass is 10.2. The average molecular weight is 422 g/mol. The van der Waals surface area contributed by atoms with Crippen LogP contribution >= 0.6 is 11.6 Å². The minimum absolute atomic E-state index is 0.145. The zero-order valence-corrected chi connectivity index (χ0v) is 16.8. The van der Waals surface area contributed by atoms with Gasteiger partial charge in [0.15, 0.2) is 0 Å². The summed E-state index contributed by atoms with van der Waals surface area (Å²) in [4.78, 5) is 25.4. The number of rotatable bonds is 4. The molecule has 0 atom stereocenters. The molecule has 7 nitrogen and oxygen atoms in total. The Balaban J connectivity index is 1.65. The Morgan fingerprint density at radius 3 is 2.04 bits per heavy atom. The van der Waals surface area contributed by atoms with E-state index >= 15 is 0 Å². The first kappa shape index (κ1) is 20.3. The summed E-state index contributed by atoms with van der Waals surface area (Å²) in [5.74, 6) is -0.370. The fraction of sp³-hybridized carbons (Fsp3) is 0.263. The van der Waals surface area contributed by atoms with E-state index < -0.39 is 10.0 Å². The SMILES string of the molecule is CC(=O)Nc1ccc(S(=O)(=O)N2CCN(C(=O)c3ccc(Cl)cc3)CC2)cc1. The van der Waals surface area contributed by atoms with Crippen LogP contribution in [0.25, 0.3) is 0 Å². The van der Waals surface area contributed by atoms with E-state index in [2.05, 4.69) is 5.32 Å². The summed E-state index contributed by atoms with van der Waals surface area (Å²) in [6, 6.07) is 12.6. The summed E-state index contributed by atoms with van der Waals surface area (Å²) in [5, 5.41) is 3.15. The van der Waals surface area contributed by atoms with E-state index in [1.807, 2.05) is 0 Å². The highest BCUT2D eigenvalue weighted by molar-refractivity contribution is 7.89. The van der Waals surface area contributed by atoms with Crippen LogP contribution in [0.4, 0.5) is 5.69 Å². The number of hydrogen-bond donors (Lipinski definition) is 1. The van der Waals surface area contributed by atoms with Gasteiger partial charge in [0, 0.05) is 49.4 Å². The molecule has 0 aromatic heterocycles. The molecule has 2 amide bonds. The second-order valence-corrected chi connectivity index (χ2v) is 8.78. The number of piperazine rings is 1. The lowest BCUT2D eigenvalue weighted by Gasteiger charge is -2.34. The van der Waals surface area contributed by atoms with Gasteiger partial charge >= 0.3 is 0 Å². The van der Waals surface area contributed by atoms with Gasteiger partial charge in [0.1, 0.15) is 0 Å². The molecule has 3 rings (SSSR count). The molecule has 2 aromatic rings. The summed E-state index contributed by atoms with van der Waals surface area (Å²) < 4.78 is 27.0. The molecular formula is C19H20ClN3O4S. The number of carbonyl (C=O) groups excluding carboxylic acids is 2. The minimum Gasteiger partial charge on any atom is -0.336 e. The third kappa shape index (κ3) is 4.52. The maximum Gasteiger partial charge on any atom is 0.253 e. The number of carbonyl (C=O) groups is 2. The molecular weight excluding hydrogens is 402 g/mol. The van der Waals surface area contributed by atoms with Crippen molar-refractivity contribution in [3.05, 3.63) is 59.1 Å². The van der Waals surface area contributed by atoms with Crippen LogP contribution in [0.2, 0.25) is 5.02 Å².